The number of nitrogens with zero attached hydrogens (tertiary/aromatic N) is 2. The Morgan fingerprint density at radius 2 is 2.04 bits per heavy atom. The molecule has 0 saturated heterocycles. The standard InChI is InChI=1S/C15H20N4O4/c1-10(9-16)19(12(3)23-15(21)22-4)14-7-5-6-13(8-14)18-17-11(2)20/h5-8,10,12,18H,1-4H3,(H,17,20). The number of nitrogens with one attached hydrogen (secondary N) is 2. The zero-order valence-corrected chi connectivity index (χ0v) is 13.5. The number of carbonyl (C=O) groups excluding carboxylic acids is 2. The summed E-state index contributed by atoms with van der Waals surface area (Å²) in [5.74, 6) is -0.236. The highest BCUT2D eigenvalue weighted by molar-refractivity contribution is 5.75. The molecule has 23 heavy (non-hydrogen) atoms. The number of hydrogen-bond acceptors (Lipinski definition) is 7. The Balaban J connectivity index is 3.03. The molecule has 2 atom stereocenters. The smallest absolute Gasteiger partial charge is 0.438 e. The number of nitriles is 1. The average molecular weight is 320 g/mol. The summed E-state index contributed by atoms with van der Waals surface area (Å²) in [5.41, 5.74) is 6.48. The van der Waals surface area contributed by atoms with E-state index in [1.807, 2.05) is 0 Å². The molecule has 0 bridgehead atoms. The van der Waals surface area contributed by atoms with Crippen molar-refractivity contribution in [3.8, 4) is 6.07 Å². The summed E-state index contributed by atoms with van der Waals surface area (Å²) < 4.78 is 9.58. The first-order valence-electron chi connectivity index (χ1n) is 6.94. The molecule has 0 aliphatic rings. The molecule has 0 spiro atoms. The van der Waals surface area contributed by atoms with Crippen molar-refractivity contribution in [2.24, 2.45) is 0 Å². The summed E-state index contributed by atoms with van der Waals surface area (Å²) in [4.78, 5) is 23.9. The van der Waals surface area contributed by atoms with Crippen LogP contribution in [0.1, 0.15) is 20.8 Å². The maximum absolute atomic E-state index is 11.3. The summed E-state index contributed by atoms with van der Waals surface area (Å²) in [6, 6.07) is 8.55. The van der Waals surface area contributed by atoms with Gasteiger partial charge in [-0.3, -0.25) is 15.6 Å². The highest BCUT2D eigenvalue weighted by atomic mass is 16.7. The Kier molecular flexibility index (Phi) is 6.68. The second kappa shape index (κ2) is 8.48. The van der Waals surface area contributed by atoms with Crippen LogP contribution in [0.3, 0.4) is 0 Å². The van der Waals surface area contributed by atoms with Gasteiger partial charge in [0.2, 0.25) is 5.91 Å². The summed E-state index contributed by atoms with van der Waals surface area (Å²) in [6.45, 7) is 4.71. The van der Waals surface area contributed by atoms with Gasteiger partial charge in [-0.1, -0.05) is 6.07 Å². The average Bonchev–Trinajstić information content (AvgIpc) is 2.53. The number of methoxy groups -OCH3 is 1. The first-order valence-corrected chi connectivity index (χ1v) is 6.94. The number of anilines is 2. The lowest BCUT2D eigenvalue weighted by molar-refractivity contribution is -0.118. The van der Waals surface area contributed by atoms with Gasteiger partial charge in [0.25, 0.3) is 0 Å². The zero-order valence-electron chi connectivity index (χ0n) is 13.5. The van der Waals surface area contributed by atoms with Crippen molar-refractivity contribution in [2.45, 2.75) is 33.0 Å². The van der Waals surface area contributed by atoms with Crippen LogP contribution >= 0.6 is 0 Å². The minimum absolute atomic E-state index is 0.236. The number of amides is 1. The third-order valence-electron chi connectivity index (χ3n) is 2.96. The van der Waals surface area contributed by atoms with Crippen molar-refractivity contribution >= 4 is 23.4 Å². The van der Waals surface area contributed by atoms with E-state index >= 15 is 0 Å². The van der Waals surface area contributed by atoms with Crippen LogP contribution in [-0.2, 0) is 14.3 Å². The summed E-state index contributed by atoms with van der Waals surface area (Å²) in [6.07, 6.45) is -1.55. The molecule has 1 aromatic rings. The molecule has 2 N–H and O–H groups in total. The van der Waals surface area contributed by atoms with Crippen LogP contribution in [-0.4, -0.2) is 31.4 Å². The van der Waals surface area contributed by atoms with E-state index in [1.165, 1.54) is 14.0 Å². The van der Waals surface area contributed by atoms with E-state index in [-0.39, 0.29) is 5.91 Å². The number of hydrogen-bond donors (Lipinski definition) is 2. The molecule has 0 heterocycles. The predicted octanol–water partition coefficient (Wildman–Crippen LogP) is 2.00. The van der Waals surface area contributed by atoms with E-state index in [9.17, 15) is 14.9 Å². The molecular formula is C15H20N4O4. The SMILES string of the molecule is COC(=O)OC(C)N(c1cccc(NNC(C)=O)c1)C(C)C#N. The van der Waals surface area contributed by atoms with Crippen LogP contribution in [0.25, 0.3) is 0 Å². The molecule has 1 aromatic carbocycles. The minimum Gasteiger partial charge on any atom is -0.438 e. The van der Waals surface area contributed by atoms with E-state index in [0.717, 1.165) is 0 Å². The lowest BCUT2D eigenvalue weighted by atomic mass is 10.2. The van der Waals surface area contributed by atoms with Crippen LogP contribution in [0.4, 0.5) is 16.2 Å². The normalized spacial score (nSPS) is 12.3. The van der Waals surface area contributed by atoms with Crippen molar-refractivity contribution in [1.82, 2.24) is 5.43 Å². The Morgan fingerprint density at radius 3 is 2.61 bits per heavy atom. The number of hydrazine groups is 1. The van der Waals surface area contributed by atoms with Crippen LogP contribution in [0.2, 0.25) is 0 Å². The molecule has 0 saturated carbocycles. The van der Waals surface area contributed by atoms with E-state index < -0.39 is 18.4 Å². The molecule has 1 rings (SSSR count). The Labute approximate surface area is 134 Å². The van der Waals surface area contributed by atoms with Crippen molar-refractivity contribution in [3.63, 3.8) is 0 Å². The molecule has 2 unspecified atom stereocenters. The molecule has 8 heteroatoms. The topological polar surface area (TPSA) is 104 Å². The highest BCUT2D eigenvalue weighted by Gasteiger charge is 2.24. The van der Waals surface area contributed by atoms with Gasteiger partial charge >= 0.3 is 6.16 Å². The van der Waals surface area contributed by atoms with E-state index in [2.05, 4.69) is 21.7 Å². The van der Waals surface area contributed by atoms with Gasteiger partial charge in [0.15, 0.2) is 6.23 Å². The molecule has 0 aromatic heterocycles. The molecule has 1 amide bonds. The Bertz CT molecular complexity index is 599. The van der Waals surface area contributed by atoms with E-state index in [4.69, 9.17) is 4.74 Å². The number of ether oxygens (including phenoxy) is 2. The van der Waals surface area contributed by atoms with Gasteiger partial charge in [-0.05, 0) is 32.0 Å². The third-order valence-corrected chi connectivity index (χ3v) is 2.96. The number of benzene rings is 1. The fourth-order valence-corrected chi connectivity index (χ4v) is 1.96. The van der Waals surface area contributed by atoms with Crippen LogP contribution in [0.15, 0.2) is 24.3 Å². The molecule has 0 radical (unpaired) electrons. The maximum atomic E-state index is 11.3. The van der Waals surface area contributed by atoms with E-state index in [1.54, 1.807) is 43.0 Å². The lowest BCUT2D eigenvalue weighted by Crippen LogP contribution is -2.42. The van der Waals surface area contributed by atoms with Crippen molar-refractivity contribution < 1.29 is 19.1 Å². The molecular weight excluding hydrogens is 300 g/mol. The van der Waals surface area contributed by atoms with Crippen LogP contribution < -0.4 is 15.8 Å². The maximum Gasteiger partial charge on any atom is 0.509 e. The van der Waals surface area contributed by atoms with Crippen molar-refractivity contribution in [1.29, 1.82) is 5.26 Å². The van der Waals surface area contributed by atoms with Gasteiger partial charge in [0, 0.05) is 12.6 Å². The van der Waals surface area contributed by atoms with Gasteiger partial charge in [-0.2, -0.15) is 5.26 Å². The first-order chi connectivity index (χ1) is 10.9. The van der Waals surface area contributed by atoms with Gasteiger partial charge in [0.1, 0.15) is 6.04 Å². The predicted molar refractivity (Wildman–Crippen MR) is 84.4 cm³/mol. The second-order valence-corrected chi connectivity index (χ2v) is 4.74. The van der Waals surface area contributed by atoms with Gasteiger partial charge in [-0.15, -0.1) is 0 Å². The van der Waals surface area contributed by atoms with Gasteiger partial charge in [0.05, 0.1) is 18.9 Å². The largest absolute Gasteiger partial charge is 0.509 e. The molecule has 124 valence electrons. The fourth-order valence-electron chi connectivity index (χ4n) is 1.96. The van der Waals surface area contributed by atoms with Crippen LogP contribution in [0.5, 0.6) is 0 Å². The summed E-state index contributed by atoms with van der Waals surface area (Å²) >= 11 is 0. The van der Waals surface area contributed by atoms with Gasteiger partial charge in [-0.25, -0.2) is 4.79 Å². The second-order valence-electron chi connectivity index (χ2n) is 4.74. The van der Waals surface area contributed by atoms with Crippen molar-refractivity contribution in [2.75, 3.05) is 17.4 Å². The number of carbonyl (C=O) groups is 2. The zero-order chi connectivity index (χ0) is 17.4. The molecule has 0 aliphatic heterocycles. The monoisotopic (exact) mass is 320 g/mol. The van der Waals surface area contributed by atoms with E-state index in [0.29, 0.717) is 11.4 Å². The van der Waals surface area contributed by atoms with Gasteiger partial charge < -0.3 is 14.4 Å². The first kappa shape index (κ1) is 18.1. The summed E-state index contributed by atoms with van der Waals surface area (Å²) in [7, 11) is 1.21. The van der Waals surface area contributed by atoms with Crippen molar-refractivity contribution in [3.05, 3.63) is 24.3 Å². The summed E-state index contributed by atoms with van der Waals surface area (Å²) in [5, 5.41) is 9.22. The lowest BCUT2D eigenvalue weighted by Gasteiger charge is -2.32. The van der Waals surface area contributed by atoms with Crippen LogP contribution in [0, 0.1) is 11.3 Å². The molecule has 0 aliphatic carbocycles. The molecule has 8 nitrogen and oxygen atoms in total. The highest BCUT2D eigenvalue weighted by Crippen LogP contribution is 2.24. The fraction of sp³-hybridized carbons (Fsp3) is 0.400. The Morgan fingerprint density at radius 1 is 1.35 bits per heavy atom. The number of rotatable bonds is 6. The third kappa shape index (κ3) is 5.39. The molecule has 0 fully saturated rings. The quantitative estimate of drug-likeness (QED) is 0.469. The Hall–Kier alpha value is -2.95. The minimum atomic E-state index is -0.833.